The molecule has 1 aliphatic heterocycles. The number of hydrogen-bond donors (Lipinski definition) is 2. The van der Waals surface area contributed by atoms with Crippen molar-refractivity contribution in [2.75, 3.05) is 36.5 Å². The second-order valence-corrected chi connectivity index (χ2v) is 7.86. The molecule has 1 saturated heterocycles. The number of nitrogens with one attached hydrogen (secondary N) is 2. The Bertz CT molecular complexity index is 1040. The first-order chi connectivity index (χ1) is 15.2. The van der Waals surface area contributed by atoms with Gasteiger partial charge in [0, 0.05) is 47.8 Å². The topological polar surface area (TPSA) is 79.4 Å². The van der Waals surface area contributed by atoms with E-state index >= 15 is 0 Å². The predicted octanol–water partition coefficient (Wildman–Crippen LogP) is 3.62. The lowest BCUT2D eigenvalue weighted by atomic mass is 10.1. The number of hydrogen-bond acceptors (Lipinski definition) is 6. The van der Waals surface area contributed by atoms with Gasteiger partial charge in [-0.2, -0.15) is 0 Å². The van der Waals surface area contributed by atoms with Crippen LogP contribution in [0.5, 0.6) is 0 Å². The summed E-state index contributed by atoms with van der Waals surface area (Å²) in [5.74, 6) is 0.520. The summed E-state index contributed by atoms with van der Waals surface area (Å²) in [7, 11) is 0. The van der Waals surface area contributed by atoms with E-state index in [1.165, 1.54) is 5.69 Å². The van der Waals surface area contributed by atoms with Crippen LogP contribution in [0.1, 0.15) is 23.2 Å². The van der Waals surface area contributed by atoms with Crippen LogP contribution in [0.2, 0.25) is 0 Å². The normalized spacial score (nSPS) is 16.1. The second-order valence-electron chi connectivity index (χ2n) is 7.86. The Kier molecular flexibility index (Phi) is 5.50. The number of carbonyl (C=O) groups excluding carboxylic acids is 1. The number of morpholine rings is 1. The molecule has 7 heteroatoms. The molecule has 0 atom stereocenters. The fraction of sp³-hybridized carbons (Fsp3) is 0.292. The molecule has 2 fully saturated rings. The summed E-state index contributed by atoms with van der Waals surface area (Å²) in [5.41, 5.74) is 4.53. The predicted molar refractivity (Wildman–Crippen MR) is 121 cm³/mol. The monoisotopic (exact) mass is 415 g/mol. The zero-order valence-corrected chi connectivity index (χ0v) is 17.3. The highest BCUT2D eigenvalue weighted by Gasteiger charge is 2.23. The quantitative estimate of drug-likeness (QED) is 0.640. The highest BCUT2D eigenvalue weighted by molar-refractivity contribution is 5.95. The number of carbonyl (C=O) groups is 1. The van der Waals surface area contributed by atoms with Crippen LogP contribution >= 0.6 is 0 Å². The highest BCUT2D eigenvalue weighted by Crippen LogP contribution is 2.23. The third-order valence-electron chi connectivity index (χ3n) is 5.51. The first kappa shape index (κ1) is 19.5. The van der Waals surface area contributed by atoms with Crippen LogP contribution in [0.15, 0.2) is 60.8 Å². The van der Waals surface area contributed by atoms with Crippen molar-refractivity contribution in [2.45, 2.75) is 18.9 Å². The van der Waals surface area contributed by atoms with Crippen molar-refractivity contribution in [1.29, 1.82) is 0 Å². The number of benzene rings is 2. The van der Waals surface area contributed by atoms with Crippen LogP contribution in [0.3, 0.4) is 0 Å². The van der Waals surface area contributed by atoms with Gasteiger partial charge in [0.05, 0.1) is 18.9 Å². The first-order valence-electron chi connectivity index (χ1n) is 10.7. The maximum atomic E-state index is 12.2. The SMILES string of the molecule is O=C(NC1CC1)c1ccc(-c2ccnc(Nc3ccc(N4CCOCC4)cc3)n2)cc1. The number of ether oxygens (including phenoxy) is 1. The van der Waals surface area contributed by atoms with Gasteiger partial charge in [0.2, 0.25) is 5.95 Å². The molecule has 2 aromatic carbocycles. The Balaban J connectivity index is 1.26. The van der Waals surface area contributed by atoms with E-state index in [-0.39, 0.29) is 5.91 Å². The van der Waals surface area contributed by atoms with Crippen LogP contribution < -0.4 is 15.5 Å². The van der Waals surface area contributed by atoms with Crippen molar-refractivity contribution in [3.63, 3.8) is 0 Å². The van der Waals surface area contributed by atoms with Crippen molar-refractivity contribution in [1.82, 2.24) is 15.3 Å². The number of nitrogens with zero attached hydrogens (tertiary/aromatic N) is 3. The highest BCUT2D eigenvalue weighted by atomic mass is 16.5. The summed E-state index contributed by atoms with van der Waals surface area (Å²) in [4.78, 5) is 23.5. The van der Waals surface area contributed by atoms with Gasteiger partial charge in [0.25, 0.3) is 5.91 Å². The number of rotatable bonds is 6. The average molecular weight is 415 g/mol. The average Bonchev–Trinajstić information content (AvgIpc) is 3.64. The van der Waals surface area contributed by atoms with E-state index in [0.717, 1.165) is 56.1 Å². The Morgan fingerprint density at radius 1 is 0.968 bits per heavy atom. The molecule has 1 aliphatic carbocycles. The fourth-order valence-corrected chi connectivity index (χ4v) is 3.57. The van der Waals surface area contributed by atoms with Crippen molar-refractivity contribution in [3.05, 3.63) is 66.4 Å². The molecule has 5 rings (SSSR count). The molecule has 1 amide bonds. The van der Waals surface area contributed by atoms with Gasteiger partial charge in [-0.15, -0.1) is 0 Å². The van der Waals surface area contributed by atoms with Gasteiger partial charge in [-0.1, -0.05) is 12.1 Å². The van der Waals surface area contributed by atoms with Crippen molar-refractivity contribution in [3.8, 4) is 11.3 Å². The summed E-state index contributed by atoms with van der Waals surface area (Å²) in [6, 6.07) is 18.0. The Morgan fingerprint density at radius 3 is 2.42 bits per heavy atom. The summed E-state index contributed by atoms with van der Waals surface area (Å²) in [6.07, 6.45) is 3.90. The summed E-state index contributed by atoms with van der Waals surface area (Å²) < 4.78 is 5.42. The molecule has 2 heterocycles. The second kappa shape index (κ2) is 8.73. The van der Waals surface area contributed by atoms with E-state index in [0.29, 0.717) is 17.6 Å². The molecule has 2 aliphatic rings. The molecule has 0 bridgehead atoms. The summed E-state index contributed by atoms with van der Waals surface area (Å²) in [5, 5.41) is 6.28. The first-order valence-corrected chi connectivity index (χ1v) is 10.7. The molecule has 0 spiro atoms. The minimum Gasteiger partial charge on any atom is -0.378 e. The largest absolute Gasteiger partial charge is 0.378 e. The van der Waals surface area contributed by atoms with E-state index < -0.39 is 0 Å². The number of aromatic nitrogens is 2. The van der Waals surface area contributed by atoms with Gasteiger partial charge in [-0.05, 0) is 55.3 Å². The molecule has 1 aromatic heterocycles. The molecule has 7 nitrogen and oxygen atoms in total. The zero-order valence-electron chi connectivity index (χ0n) is 17.3. The summed E-state index contributed by atoms with van der Waals surface area (Å²) >= 11 is 0. The lowest BCUT2D eigenvalue weighted by Gasteiger charge is -2.28. The van der Waals surface area contributed by atoms with Crippen molar-refractivity contribution in [2.24, 2.45) is 0 Å². The molecular formula is C24H25N5O2. The minimum absolute atomic E-state index is 0.0142. The van der Waals surface area contributed by atoms with Crippen LogP contribution in [-0.4, -0.2) is 48.2 Å². The third-order valence-corrected chi connectivity index (χ3v) is 5.51. The Morgan fingerprint density at radius 2 is 1.71 bits per heavy atom. The maximum absolute atomic E-state index is 12.2. The van der Waals surface area contributed by atoms with Gasteiger partial charge in [0.1, 0.15) is 0 Å². The zero-order chi connectivity index (χ0) is 21.0. The van der Waals surface area contributed by atoms with Gasteiger partial charge in [-0.25, -0.2) is 9.97 Å². The van der Waals surface area contributed by atoms with Crippen LogP contribution in [-0.2, 0) is 4.74 Å². The molecule has 158 valence electrons. The smallest absolute Gasteiger partial charge is 0.251 e. The molecule has 2 N–H and O–H groups in total. The molecule has 1 saturated carbocycles. The van der Waals surface area contributed by atoms with E-state index in [1.54, 1.807) is 6.20 Å². The molecule has 31 heavy (non-hydrogen) atoms. The third kappa shape index (κ3) is 4.83. The van der Waals surface area contributed by atoms with Crippen molar-refractivity contribution >= 4 is 23.2 Å². The van der Waals surface area contributed by atoms with Gasteiger partial charge >= 0.3 is 0 Å². The van der Waals surface area contributed by atoms with E-state index in [9.17, 15) is 4.79 Å². The van der Waals surface area contributed by atoms with Gasteiger partial charge in [-0.3, -0.25) is 4.79 Å². The molecule has 0 unspecified atom stereocenters. The lowest BCUT2D eigenvalue weighted by molar-refractivity contribution is 0.0951. The maximum Gasteiger partial charge on any atom is 0.251 e. The number of amides is 1. The van der Waals surface area contributed by atoms with Gasteiger partial charge < -0.3 is 20.3 Å². The standard InChI is InChI=1S/C24H25N5O2/c30-23(26-19-5-6-19)18-3-1-17(2-4-18)22-11-12-25-24(28-22)27-20-7-9-21(10-8-20)29-13-15-31-16-14-29/h1-4,7-12,19H,5-6,13-16H2,(H,26,30)(H,25,27,28). The van der Waals surface area contributed by atoms with E-state index in [1.807, 2.05) is 42.5 Å². The van der Waals surface area contributed by atoms with Crippen molar-refractivity contribution < 1.29 is 9.53 Å². The lowest BCUT2D eigenvalue weighted by Crippen LogP contribution is -2.36. The number of anilines is 3. The molecule has 0 radical (unpaired) electrons. The van der Waals surface area contributed by atoms with Crippen LogP contribution in [0, 0.1) is 0 Å². The Labute approximate surface area is 181 Å². The van der Waals surface area contributed by atoms with Crippen LogP contribution in [0.25, 0.3) is 11.3 Å². The molecular weight excluding hydrogens is 390 g/mol. The summed E-state index contributed by atoms with van der Waals surface area (Å²) in [6.45, 7) is 3.37. The van der Waals surface area contributed by atoms with E-state index in [4.69, 9.17) is 4.74 Å². The van der Waals surface area contributed by atoms with Gasteiger partial charge in [0.15, 0.2) is 0 Å². The van der Waals surface area contributed by atoms with E-state index in [2.05, 4.69) is 37.6 Å². The minimum atomic E-state index is -0.0142. The molecule has 3 aromatic rings. The Hall–Kier alpha value is -3.45. The van der Waals surface area contributed by atoms with Crippen LogP contribution in [0.4, 0.5) is 17.3 Å². The fourth-order valence-electron chi connectivity index (χ4n) is 3.57.